The summed E-state index contributed by atoms with van der Waals surface area (Å²) >= 11 is 0. The Morgan fingerprint density at radius 2 is 1.95 bits per heavy atom. The number of hydrogen-bond acceptors (Lipinski definition) is 9. The van der Waals surface area contributed by atoms with E-state index in [1.807, 2.05) is 35.2 Å². The smallest absolute Gasteiger partial charge is 0.255 e. The predicted octanol–water partition coefficient (Wildman–Crippen LogP) is 3.53. The number of methoxy groups -OCH3 is 1. The number of nitrogens with zero attached hydrogens (tertiary/aromatic N) is 7. The number of rotatable bonds is 8. The molecule has 0 saturated carbocycles. The Morgan fingerprint density at radius 3 is 2.70 bits per heavy atom. The summed E-state index contributed by atoms with van der Waals surface area (Å²) in [7, 11) is 1.58. The molecule has 0 unspecified atom stereocenters. The van der Waals surface area contributed by atoms with Crippen molar-refractivity contribution >= 4 is 22.3 Å². The van der Waals surface area contributed by atoms with Crippen molar-refractivity contribution in [3.63, 3.8) is 0 Å². The normalized spacial score (nSPS) is 13.8. The molecule has 0 bridgehead atoms. The molecular formula is C26H25N7O4. The topological polar surface area (TPSA) is 121 Å². The van der Waals surface area contributed by atoms with Crippen molar-refractivity contribution in [2.45, 2.75) is 26.6 Å². The Labute approximate surface area is 212 Å². The predicted molar refractivity (Wildman–Crippen MR) is 133 cm³/mol. The van der Waals surface area contributed by atoms with Crippen molar-refractivity contribution in [3.05, 3.63) is 65.7 Å². The van der Waals surface area contributed by atoms with Gasteiger partial charge in [-0.05, 0) is 30.5 Å². The second kappa shape index (κ2) is 9.58. The van der Waals surface area contributed by atoms with Crippen molar-refractivity contribution in [1.29, 1.82) is 0 Å². The molecule has 1 aliphatic heterocycles. The Kier molecular flexibility index (Phi) is 5.97. The number of likely N-dealkylation sites (tertiary alicyclic amines) is 1. The molecule has 1 amide bonds. The molecule has 0 spiro atoms. The third-order valence-electron chi connectivity index (χ3n) is 6.55. The maximum Gasteiger partial charge on any atom is 0.255 e. The van der Waals surface area contributed by atoms with Crippen molar-refractivity contribution in [1.82, 2.24) is 34.9 Å². The lowest BCUT2D eigenvalue weighted by Gasteiger charge is -2.38. The number of hydrogen-bond donors (Lipinski definition) is 0. The zero-order valence-electron chi connectivity index (χ0n) is 20.5. The number of pyridine rings is 1. The van der Waals surface area contributed by atoms with Gasteiger partial charge in [0.25, 0.3) is 5.91 Å². The highest BCUT2D eigenvalue weighted by molar-refractivity contribution is 5.97. The second-order valence-electron chi connectivity index (χ2n) is 9.03. The zero-order chi connectivity index (χ0) is 25.4. The van der Waals surface area contributed by atoms with Gasteiger partial charge in [-0.25, -0.2) is 0 Å². The lowest BCUT2D eigenvalue weighted by atomic mass is 9.96. The maximum absolute atomic E-state index is 12.6. The van der Waals surface area contributed by atoms with Gasteiger partial charge in [-0.15, -0.1) is 15.3 Å². The first-order chi connectivity index (χ1) is 18.1. The molecule has 1 aromatic carbocycles. The Bertz CT molecular complexity index is 1570. The average molecular weight is 500 g/mol. The van der Waals surface area contributed by atoms with Crippen LogP contribution >= 0.6 is 0 Å². The van der Waals surface area contributed by atoms with Crippen LogP contribution in [0.5, 0.6) is 5.88 Å². The summed E-state index contributed by atoms with van der Waals surface area (Å²) in [4.78, 5) is 18.9. The minimum absolute atomic E-state index is 0.0180. The van der Waals surface area contributed by atoms with Gasteiger partial charge in [-0.3, -0.25) is 9.78 Å². The molecule has 6 rings (SSSR count). The third kappa shape index (κ3) is 4.27. The molecule has 188 valence electrons. The van der Waals surface area contributed by atoms with Crippen molar-refractivity contribution in [2.24, 2.45) is 5.92 Å². The molecular weight excluding hydrogens is 474 g/mol. The van der Waals surface area contributed by atoms with E-state index in [4.69, 9.17) is 14.0 Å². The number of aromatic nitrogens is 6. The Balaban J connectivity index is 1.26. The van der Waals surface area contributed by atoms with Crippen LogP contribution in [0.15, 0.2) is 53.2 Å². The molecule has 1 aliphatic rings. The molecule has 1 saturated heterocycles. The molecule has 0 atom stereocenters. The summed E-state index contributed by atoms with van der Waals surface area (Å²) in [5.41, 5.74) is 2.33. The first-order valence-electron chi connectivity index (χ1n) is 12.1. The number of benzene rings is 1. The van der Waals surface area contributed by atoms with E-state index in [9.17, 15) is 4.79 Å². The molecule has 5 aromatic rings. The number of amides is 1. The summed E-state index contributed by atoms with van der Waals surface area (Å²) in [5, 5.41) is 19.0. The van der Waals surface area contributed by atoms with Gasteiger partial charge < -0.3 is 18.9 Å². The number of fused-ring (bicyclic) bond motifs is 3. The molecule has 0 radical (unpaired) electrons. The zero-order valence-corrected chi connectivity index (χ0v) is 20.5. The van der Waals surface area contributed by atoms with Crippen molar-refractivity contribution in [2.75, 3.05) is 20.2 Å². The Hall–Kier alpha value is -4.38. The molecule has 0 aliphatic carbocycles. The fourth-order valence-electron chi connectivity index (χ4n) is 4.40. The lowest BCUT2D eigenvalue weighted by molar-refractivity contribution is 0.0494. The van der Waals surface area contributed by atoms with Crippen LogP contribution in [0.1, 0.15) is 35.2 Å². The van der Waals surface area contributed by atoms with E-state index in [1.54, 1.807) is 30.0 Å². The summed E-state index contributed by atoms with van der Waals surface area (Å²) in [6.07, 6.45) is 2.70. The quantitative estimate of drug-likeness (QED) is 0.316. The van der Waals surface area contributed by atoms with Crippen LogP contribution in [-0.2, 0) is 18.0 Å². The van der Waals surface area contributed by atoms with Gasteiger partial charge in [-0.1, -0.05) is 30.3 Å². The molecule has 5 heterocycles. The van der Waals surface area contributed by atoms with E-state index in [0.29, 0.717) is 52.6 Å². The SMILES string of the molecule is CCC1CN(C(=O)c2ccc(COc3nn4c(-c5cc(COC)on5)nnc4c4ccccc34)nc2)C1. The molecule has 11 heteroatoms. The van der Waals surface area contributed by atoms with Crippen LogP contribution in [0.4, 0.5) is 0 Å². The van der Waals surface area contributed by atoms with Gasteiger partial charge in [0.2, 0.25) is 11.7 Å². The molecule has 0 N–H and O–H groups in total. The minimum atomic E-state index is 0.0180. The first kappa shape index (κ1) is 23.0. The first-order valence-corrected chi connectivity index (χ1v) is 12.1. The standard InChI is InChI=1S/C26H25N7O4/c1-3-16-12-32(13-16)26(34)17-8-9-18(27-11-17)14-36-25-21-7-5-4-6-20(21)23-28-29-24(33(23)30-25)22-10-19(15-35-2)37-31-22/h4-11,16H,3,12-15H2,1-2H3. The van der Waals surface area contributed by atoms with Gasteiger partial charge in [0.1, 0.15) is 13.2 Å². The van der Waals surface area contributed by atoms with E-state index >= 15 is 0 Å². The van der Waals surface area contributed by atoms with Crippen LogP contribution in [0.2, 0.25) is 0 Å². The monoisotopic (exact) mass is 499 g/mol. The van der Waals surface area contributed by atoms with E-state index in [2.05, 4.69) is 32.4 Å². The third-order valence-corrected chi connectivity index (χ3v) is 6.55. The summed E-state index contributed by atoms with van der Waals surface area (Å²) in [6, 6.07) is 13.0. The fourth-order valence-corrected chi connectivity index (χ4v) is 4.40. The van der Waals surface area contributed by atoms with Crippen LogP contribution in [0.25, 0.3) is 27.9 Å². The highest BCUT2D eigenvalue weighted by Gasteiger charge is 2.29. The summed E-state index contributed by atoms with van der Waals surface area (Å²) < 4.78 is 18.1. The minimum Gasteiger partial charge on any atom is -0.470 e. The largest absolute Gasteiger partial charge is 0.470 e. The van der Waals surface area contributed by atoms with Crippen LogP contribution < -0.4 is 4.74 Å². The van der Waals surface area contributed by atoms with Crippen LogP contribution in [0.3, 0.4) is 0 Å². The molecule has 37 heavy (non-hydrogen) atoms. The van der Waals surface area contributed by atoms with Gasteiger partial charge in [0, 0.05) is 43.2 Å². The van der Waals surface area contributed by atoms with Gasteiger partial charge in [-0.2, -0.15) is 4.52 Å². The van der Waals surface area contributed by atoms with E-state index in [-0.39, 0.29) is 12.5 Å². The van der Waals surface area contributed by atoms with E-state index in [0.717, 1.165) is 30.3 Å². The highest BCUT2D eigenvalue weighted by Crippen LogP contribution is 2.29. The Morgan fingerprint density at radius 1 is 1.11 bits per heavy atom. The van der Waals surface area contributed by atoms with Crippen molar-refractivity contribution in [3.8, 4) is 17.4 Å². The molecule has 11 nitrogen and oxygen atoms in total. The lowest BCUT2D eigenvalue weighted by Crippen LogP contribution is -2.49. The van der Waals surface area contributed by atoms with E-state index < -0.39 is 0 Å². The molecule has 4 aromatic heterocycles. The van der Waals surface area contributed by atoms with Crippen LogP contribution in [0, 0.1) is 5.92 Å². The van der Waals surface area contributed by atoms with Crippen LogP contribution in [-0.4, -0.2) is 61.0 Å². The van der Waals surface area contributed by atoms with Gasteiger partial charge in [0.05, 0.1) is 11.3 Å². The fraction of sp³-hybridized carbons (Fsp3) is 0.308. The highest BCUT2D eigenvalue weighted by atomic mass is 16.5. The maximum atomic E-state index is 12.6. The average Bonchev–Trinajstić information content (AvgIpc) is 3.54. The number of carbonyl (C=O) groups excluding carboxylic acids is 1. The summed E-state index contributed by atoms with van der Waals surface area (Å²) in [5.74, 6) is 2.02. The summed E-state index contributed by atoms with van der Waals surface area (Å²) in [6.45, 7) is 4.25. The second-order valence-corrected chi connectivity index (χ2v) is 9.03. The number of carbonyl (C=O) groups is 1. The number of ether oxygens (including phenoxy) is 2. The molecule has 1 fully saturated rings. The van der Waals surface area contributed by atoms with Gasteiger partial charge in [0.15, 0.2) is 17.1 Å². The van der Waals surface area contributed by atoms with Crippen molar-refractivity contribution < 1.29 is 18.8 Å². The van der Waals surface area contributed by atoms with E-state index in [1.165, 1.54) is 0 Å². The van der Waals surface area contributed by atoms with Gasteiger partial charge >= 0.3 is 0 Å².